The molecule has 7 nitrogen and oxygen atoms in total. The number of rotatable bonds is 3. The van der Waals surface area contributed by atoms with Crippen molar-refractivity contribution >= 4 is 18.0 Å². The molecule has 2 amide bonds. The van der Waals surface area contributed by atoms with Gasteiger partial charge < -0.3 is 19.3 Å². The van der Waals surface area contributed by atoms with Gasteiger partial charge in [0.2, 0.25) is 0 Å². The van der Waals surface area contributed by atoms with Crippen LogP contribution in [0.25, 0.3) is 0 Å². The number of carbonyl (C=O) groups is 3. The van der Waals surface area contributed by atoms with Crippen LogP contribution < -0.4 is 0 Å². The van der Waals surface area contributed by atoms with Crippen LogP contribution in [-0.2, 0) is 15.9 Å². The monoisotopic (exact) mass is 408 g/mol. The van der Waals surface area contributed by atoms with Crippen LogP contribution in [0.1, 0.15) is 44.9 Å². The molecule has 0 saturated carbocycles. The molecule has 7 heteroatoms. The van der Waals surface area contributed by atoms with E-state index in [0.29, 0.717) is 50.3 Å². The van der Waals surface area contributed by atoms with E-state index in [0.717, 1.165) is 11.1 Å². The molecule has 1 atom stereocenters. The van der Waals surface area contributed by atoms with Gasteiger partial charge in [-0.2, -0.15) is 0 Å². The molecule has 4 rings (SSSR count). The Morgan fingerprint density at radius 2 is 1.73 bits per heavy atom. The predicted molar refractivity (Wildman–Crippen MR) is 109 cm³/mol. The Labute approximate surface area is 175 Å². The zero-order valence-corrected chi connectivity index (χ0v) is 16.9. The Balaban J connectivity index is 1.47. The van der Waals surface area contributed by atoms with Gasteiger partial charge in [-0.25, -0.2) is 9.59 Å². The molecule has 0 bridgehead atoms. The van der Waals surface area contributed by atoms with E-state index in [4.69, 9.17) is 9.47 Å². The van der Waals surface area contributed by atoms with Gasteiger partial charge >= 0.3 is 12.1 Å². The molecule has 2 aromatic rings. The maximum Gasteiger partial charge on any atom is 0.409 e. The number of carbonyl (C=O) groups excluding carboxylic acids is 3. The number of amides is 2. The highest BCUT2D eigenvalue weighted by molar-refractivity contribution is 5.98. The first-order valence-corrected chi connectivity index (χ1v) is 10.2. The number of cyclic esters (lactones) is 1. The van der Waals surface area contributed by atoms with Gasteiger partial charge in [0, 0.05) is 38.2 Å². The molecule has 0 spiro atoms. The molecule has 2 aliphatic rings. The summed E-state index contributed by atoms with van der Waals surface area (Å²) in [5.41, 5.74) is 2.80. The van der Waals surface area contributed by atoms with Crippen LogP contribution in [0.3, 0.4) is 0 Å². The first-order valence-electron chi connectivity index (χ1n) is 10.2. The molecule has 0 aromatic heterocycles. The molecule has 0 radical (unpaired) electrons. The first kappa shape index (κ1) is 19.9. The lowest BCUT2D eigenvalue weighted by molar-refractivity contribution is 0.0252. The molecule has 0 aliphatic carbocycles. The third-order valence-corrected chi connectivity index (χ3v) is 5.49. The number of ether oxygens (including phenoxy) is 2. The van der Waals surface area contributed by atoms with Gasteiger partial charge in [-0.1, -0.05) is 30.3 Å². The fourth-order valence-electron chi connectivity index (χ4n) is 3.87. The number of hydrogen-bond acceptors (Lipinski definition) is 5. The summed E-state index contributed by atoms with van der Waals surface area (Å²) in [6.45, 7) is 3.88. The lowest BCUT2D eigenvalue weighted by Gasteiger charge is -2.34. The largest absolute Gasteiger partial charge is 0.454 e. The van der Waals surface area contributed by atoms with Crippen molar-refractivity contribution in [2.24, 2.45) is 0 Å². The topological polar surface area (TPSA) is 76.2 Å². The Kier molecular flexibility index (Phi) is 5.70. The van der Waals surface area contributed by atoms with Crippen molar-refractivity contribution < 1.29 is 23.9 Å². The fraction of sp³-hybridized carbons (Fsp3) is 0.348. The minimum absolute atomic E-state index is 0.100. The zero-order chi connectivity index (χ0) is 21.1. The van der Waals surface area contributed by atoms with Gasteiger partial charge in [0.05, 0.1) is 12.2 Å². The molecular formula is C23H24N2O5. The lowest BCUT2D eigenvalue weighted by Crippen LogP contribution is -2.50. The maximum atomic E-state index is 13.0. The number of nitrogens with zero attached hydrogens (tertiary/aromatic N) is 2. The second-order valence-electron chi connectivity index (χ2n) is 7.36. The Bertz CT molecular complexity index is 951. The van der Waals surface area contributed by atoms with Crippen LogP contribution in [-0.4, -0.2) is 60.6 Å². The quantitative estimate of drug-likeness (QED) is 0.730. The molecule has 1 saturated heterocycles. The molecule has 0 N–H and O–H groups in total. The second kappa shape index (κ2) is 8.57. The van der Waals surface area contributed by atoms with Crippen LogP contribution >= 0.6 is 0 Å². The highest BCUT2D eigenvalue weighted by Gasteiger charge is 2.30. The van der Waals surface area contributed by atoms with E-state index in [-0.39, 0.29) is 24.1 Å². The molecule has 156 valence electrons. The third-order valence-electron chi connectivity index (χ3n) is 5.49. The van der Waals surface area contributed by atoms with E-state index in [1.54, 1.807) is 34.9 Å². The Morgan fingerprint density at radius 1 is 1.03 bits per heavy atom. The van der Waals surface area contributed by atoms with E-state index < -0.39 is 0 Å². The Morgan fingerprint density at radius 3 is 2.43 bits per heavy atom. The van der Waals surface area contributed by atoms with Crippen LogP contribution in [0, 0.1) is 0 Å². The van der Waals surface area contributed by atoms with E-state index in [2.05, 4.69) is 0 Å². The maximum absolute atomic E-state index is 13.0. The highest BCUT2D eigenvalue weighted by atomic mass is 16.6. The molecule has 2 heterocycles. The summed E-state index contributed by atoms with van der Waals surface area (Å²) in [6.07, 6.45) is -0.170. The van der Waals surface area contributed by atoms with Crippen molar-refractivity contribution in [1.29, 1.82) is 0 Å². The molecule has 2 aromatic carbocycles. The van der Waals surface area contributed by atoms with E-state index >= 15 is 0 Å². The number of fused-ring (bicyclic) bond motifs is 1. The van der Waals surface area contributed by atoms with Gasteiger partial charge in [-0.3, -0.25) is 4.79 Å². The molecule has 0 unspecified atom stereocenters. The number of benzene rings is 2. The molecular weight excluding hydrogens is 384 g/mol. The second-order valence-corrected chi connectivity index (χ2v) is 7.36. The summed E-state index contributed by atoms with van der Waals surface area (Å²) in [6, 6.07) is 14.7. The van der Waals surface area contributed by atoms with Crippen molar-refractivity contribution in [2.45, 2.75) is 19.4 Å². The van der Waals surface area contributed by atoms with Crippen LogP contribution in [0.15, 0.2) is 48.5 Å². The van der Waals surface area contributed by atoms with Gasteiger partial charge in [0.15, 0.2) is 0 Å². The summed E-state index contributed by atoms with van der Waals surface area (Å²) >= 11 is 0. The van der Waals surface area contributed by atoms with E-state index in [1.165, 1.54) is 0 Å². The number of piperazine rings is 1. The lowest BCUT2D eigenvalue weighted by atomic mass is 9.93. The normalized spacial score (nSPS) is 18.4. The van der Waals surface area contributed by atoms with Crippen LogP contribution in [0.4, 0.5) is 4.79 Å². The number of hydrogen-bond donors (Lipinski definition) is 0. The number of esters is 1. The van der Waals surface area contributed by atoms with Crippen LogP contribution in [0.2, 0.25) is 0 Å². The minimum atomic E-state index is -0.368. The summed E-state index contributed by atoms with van der Waals surface area (Å²) in [5.74, 6) is -0.469. The first-order chi connectivity index (χ1) is 14.6. The van der Waals surface area contributed by atoms with Gasteiger partial charge in [0.1, 0.15) is 6.10 Å². The average molecular weight is 408 g/mol. The van der Waals surface area contributed by atoms with Crippen LogP contribution in [0.5, 0.6) is 0 Å². The van der Waals surface area contributed by atoms with Gasteiger partial charge in [-0.15, -0.1) is 0 Å². The Hall–Kier alpha value is -3.35. The van der Waals surface area contributed by atoms with E-state index in [9.17, 15) is 14.4 Å². The summed E-state index contributed by atoms with van der Waals surface area (Å²) in [4.78, 5) is 40.6. The molecule has 1 fully saturated rings. The van der Waals surface area contributed by atoms with Crippen molar-refractivity contribution in [1.82, 2.24) is 9.80 Å². The van der Waals surface area contributed by atoms with Gasteiger partial charge in [-0.05, 0) is 36.2 Å². The SMILES string of the molecule is CCOC(=O)N1CCN(C(=O)c2ccc3c(c2)C[C@H](c2ccccc2)OC3=O)CC1. The predicted octanol–water partition coefficient (Wildman–Crippen LogP) is 3.06. The third kappa shape index (κ3) is 4.01. The standard InChI is InChI=1S/C23H24N2O5/c1-2-29-23(28)25-12-10-24(11-13-25)21(26)17-8-9-19-18(14-17)15-20(30-22(19)27)16-6-4-3-5-7-16/h3-9,14,20H,2,10-13,15H2,1H3/t20-/m1/s1. The fourth-order valence-corrected chi connectivity index (χ4v) is 3.87. The zero-order valence-electron chi connectivity index (χ0n) is 16.9. The minimum Gasteiger partial charge on any atom is -0.454 e. The van der Waals surface area contributed by atoms with Gasteiger partial charge in [0.25, 0.3) is 5.91 Å². The molecule has 30 heavy (non-hydrogen) atoms. The van der Waals surface area contributed by atoms with Crippen molar-refractivity contribution in [3.63, 3.8) is 0 Å². The van der Waals surface area contributed by atoms with Crippen molar-refractivity contribution in [3.05, 3.63) is 70.8 Å². The summed E-state index contributed by atoms with van der Waals surface area (Å²) in [7, 11) is 0. The highest BCUT2D eigenvalue weighted by Crippen LogP contribution is 2.31. The van der Waals surface area contributed by atoms with Crippen molar-refractivity contribution in [2.75, 3.05) is 32.8 Å². The smallest absolute Gasteiger partial charge is 0.409 e. The van der Waals surface area contributed by atoms with Crippen molar-refractivity contribution in [3.8, 4) is 0 Å². The summed E-state index contributed by atoms with van der Waals surface area (Å²) < 4.78 is 10.6. The molecule has 2 aliphatic heterocycles. The van der Waals surface area contributed by atoms with E-state index in [1.807, 2.05) is 30.3 Å². The average Bonchev–Trinajstić information content (AvgIpc) is 2.79. The summed E-state index contributed by atoms with van der Waals surface area (Å²) in [5, 5.41) is 0.